The minimum atomic E-state index is -0.973. The highest BCUT2D eigenvalue weighted by Crippen LogP contribution is 2.29. The molecule has 2 rings (SSSR count). The molecule has 0 saturated carbocycles. The van der Waals surface area contributed by atoms with E-state index in [9.17, 15) is 9.90 Å². The molecule has 0 atom stereocenters. The van der Waals surface area contributed by atoms with Gasteiger partial charge in [0.2, 0.25) is 0 Å². The predicted molar refractivity (Wildman–Crippen MR) is 84.7 cm³/mol. The molecule has 0 bridgehead atoms. The first kappa shape index (κ1) is 15.5. The van der Waals surface area contributed by atoms with Crippen molar-refractivity contribution in [3.05, 3.63) is 37.9 Å². The molecule has 2 heterocycles. The number of thiophene rings is 1. The van der Waals surface area contributed by atoms with Crippen molar-refractivity contribution in [2.45, 2.75) is 31.0 Å². The number of carboxylic acid groups (broad SMARTS) is 1. The topological polar surface area (TPSA) is 63.1 Å². The largest absolute Gasteiger partial charge is 0.478 e. The molecule has 0 amide bonds. The van der Waals surface area contributed by atoms with E-state index < -0.39 is 5.97 Å². The van der Waals surface area contributed by atoms with Crippen LogP contribution in [0.3, 0.4) is 0 Å². The summed E-state index contributed by atoms with van der Waals surface area (Å²) in [5, 5.41) is 11.9. The summed E-state index contributed by atoms with van der Waals surface area (Å²) in [6.07, 6.45) is 0.693. The van der Waals surface area contributed by atoms with E-state index in [4.69, 9.17) is 0 Å². The van der Waals surface area contributed by atoms with E-state index in [2.05, 4.69) is 25.9 Å². The van der Waals surface area contributed by atoms with Gasteiger partial charge in [0.25, 0.3) is 0 Å². The molecular weight excluding hydrogens is 360 g/mol. The fourth-order valence-electron chi connectivity index (χ4n) is 1.68. The van der Waals surface area contributed by atoms with Crippen LogP contribution in [0.4, 0.5) is 0 Å². The Labute approximate surface area is 133 Å². The smallest absolute Gasteiger partial charge is 0.340 e. The standard InChI is InChI=1S/C13H13BrN2O2S2/c1-3-10-15-7(2)11(13(17)18)12(16-10)20-6-8-4-9(14)19-5-8/h4-5H,3,6H2,1-2H3,(H,17,18). The maximum absolute atomic E-state index is 11.4. The van der Waals surface area contributed by atoms with Crippen molar-refractivity contribution < 1.29 is 9.90 Å². The fourth-order valence-corrected chi connectivity index (χ4v) is 4.02. The summed E-state index contributed by atoms with van der Waals surface area (Å²) in [5.74, 6) is 0.405. The molecule has 0 unspecified atom stereocenters. The Balaban J connectivity index is 2.28. The molecule has 0 spiro atoms. The normalized spacial score (nSPS) is 10.8. The second kappa shape index (κ2) is 6.69. The van der Waals surface area contributed by atoms with Gasteiger partial charge in [-0.3, -0.25) is 0 Å². The van der Waals surface area contributed by atoms with Crippen LogP contribution in [0.2, 0.25) is 0 Å². The van der Waals surface area contributed by atoms with Crippen LogP contribution in [0.1, 0.15) is 34.4 Å². The lowest BCUT2D eigenvalue weighted by Gasteiger charge is -2.09. The number of rotatable bonds is 5. The summed E-state index contributed by atoms with van der Waals surface area (Å²) in [5.41, 5.74) is 1.89. The molecule has 4 nitrogen and oxygen atoms in total. The number of hydrogen-bond donors (Lipinski definition) is 1. The van der Waals surface area contributed by atoms with Crippen molar-refractivity contribution >= 4 is 45.0 Å². The molecule has 0 aliphatic carbocycles. The van der Waals surface area contributed by atoms with Crippen LogP contribution >= 0.6 is 39.0 Å². The molecule has 1 N–H and O–H groups in total. The van der Waals surface area contributed by atoms with Crippen LogP contribution < -0.4 is 0 Å². The zero-order valence-electron chi connectivity index (χ0n) is 11.0. The van der Waals surface area contributed by atoms with E-state index >= 15 is 0 Å². The van der Waals surface area contributed by atoms with Gasteiger partial charge in [-0.05, 0) is 39.9 Å². The van der Waals surface area contributed by atoms with Gasteiger partial charge in [-0.15, -0.1) is 23.1 Å². The Bertz CT molecular complexity index is 643. The Morgan fingerprint density at radius 1 is 1.50 bits per heavy atom. The summed E-state index contributed by atoms with van der Waals surface area (Å²) < 4.78 is 1.07. The number of hydrogen-bond acceptors (Lipinski definition) is 5. The van der Waals surface area contributed by atoms with Crippen molar-refractivity contribution in [2.75, 3.05) is 0 Å². The van der Waals surface area contributed by atoms with Gasteiger partial charge < -0.3 is 5.11 Å². The highest BCUT2D eigenvalue weighted by Gasteiger charge is 2.18. The van der Waals surface area contributed by atoms with E-state index in [0.29, 0.717) is 28.7 Å². The molecule has 2 aromatic heterocycles. The molecule has 20 heavy (non-hydrogen) atoms. The molecule has 0 aliphatic rings. The number of carboxylic acids is 1. The van der Waals surface area contributed by atoms with Gasteiger partial charge in [-0.25, -0.2) is 14.8 Å². The Hall–Kier alpha value is -0.920. The second-order valence-electron chi connectivity index (χ2n) is 4.11. The first-order valence-corrected chi connectivity index (χ1v) is 8.63. The van der Waals surface area contributed by atoms with Gasteiger partial charge in [0.1, 0.15) is 16.4 Å². The molecule has 106 valence electrons. The molecule has 0 aromatic carbocycles. The number of aromatic nitrogens is 2. The molecule has 2 aromatic rings. The van der Waals surface area contributed by atoms with Crippen LogP contribution in [0.25, 0.3) is 0 Å². The van der Waals surface area contributed by atoms with Crippen molar-refractivity contribution in [3.8, 4) is 0 Å². The van der Waals surface area contributed by atoms with Crippen molar-refractivity contribution in [1.29, 1.82) is 0 Å². The molecule has 0 aliphatic heterocycles. The number of halogens is 1. The molecular formula is C13H13BrN2O2S2. The summed E-state index contributed by atoms with van der Waals surface area (Å²) >= 11 is 6.47. The summed E-state index contributed by atoms with van der Waals surface area (Å²) in [7, 11) is 0. The zero-order valence-corrected chi connectivity index (χ0v) is 14.2. The molecule has 0 saturated heterocycles. The Kier molecular flexibility index (Phi) is 5.17. The van der Waals surface area contributed by atoms with Crippen LogP contribution in [-0.2, 0) is 12.2 Å². The highest BCUT2D eigenvalue weighted by atomic mass is 79.9. The number of aryl methyl sites for hydroxylation is 2. The van der Waals surface area contributed by atoms with Crippen LogP contribution in [-0.4, -0.2) is 21.0 Å². The Morgan fingerprint density at radius 2 is 2.25 bits per heavy atom. The van der Waals surface area contributed by atoms with Crippen LogP contribution in [0.15, 0.2) is 20.3 Å². The van der Waals surface area contributed by atoms with Gasteiger partial charge in [0.15, 0.2) is 0 Å². The van der Waals surface area contributed by atoms with E-state index in [-0.39, 0.29) is 5.56 Å². The van der Waals surface area contributed by atoms with Crippen LogP contribution in [0, 0.1) is 6.92 Å². The first-order valence-electron chi connectivity index (χ1n) is 5.97. The monoisotopic (exact) mass is 372 g/mol. The zero-order chi connectivity index (χ0) is 14.7. The molecule has 0 radical (unpaired) electrons. The van der Waals surface area contributed by atoms with Gasteiger partial charge >= 0.3 is 5.97 Å². The van der Waals surface area contributed by atoms with Crippen molar-refractivity contribution in [1.82, 2.24) is 9.97 Å². The number of aromatic carboxylic acids is 1. The highest BCUT2D eigenvalue weighted by molar-refractivity contribution is 9.11. The lowest BCUT2D eigenvalue weighted by atomic mass is 10.2. The molecule has 7 heteroatoms. The van der Waals surface area contributed by atoms with Gasteiger partial charge in [-0.1, -0.05) is 6.92 Å². The quantitative estimate of drug-likeness (QED) is 0.630. The first-order chi connectivity index (χ1) is 9.51. The average Bonchev–Trinajstić information content (AvgIpc) is 2.81. The fraction of sp³-hybridized carbons (Fsp3) is 0.308. The van der Waals surface area contributed by atoms with E-state index in [1.165, 1.54) is 11.8 Å². The third-order valence-electron chi connectivity index (χ3n) is 2.63. The summed E-state index contributed by atoms with van der Waals surface area (Å²) in [6, 6.07) is 2.03. The minimum absolute atomic E-state index is 0.210. The maximum atomic E-state index is 11.4. The number of thioether (sulfide) groups is 1. The summed E-state index contributed by atoms with van der Waals surface area (Å²) in [4.78, 5) is 19.9. The van der Waals surface area contributed by atoms with E-state index in [1.54, 1.807) is 18.3 Å². The van der Waals surface area contributed by atoms with Crippen LogP contribution in [0.5, 0.6) is 0 Å². The second-order valence-corrected chi connectivity index (χ2v) is 7.37. The lowest BCUT2D eigenvalue weighted by Crippen LogP contribution is -2.09. The van der Waals surface area contributed by atoms with Gasteiger partial charge in [0, 0.05) is 12.2 Å². The third-order valence-corrected chi connectivity index (χ3v) is 5.23. The number of carbonyl (C=O) groups is 1. The van der Waals surface area contributed by atoms with Crippen molar-refractivity contribution in [3.63, 3.8) is 0 Å². The van der Waals surface area contributed by atoms with Gasteiger partial charge in [-0.2, -0.15) is 0 Å². The van der Waals surface area contributed by atoms with E-state index in [1.807, 2.05) is 18.4 Å². The van der Waals surface area contributed by atoms with E-state index in [0.717, 1.165) is 9.35 Å². The average molecular weight is 373 g/mol. The SMILES string of the molecule is CCc1nc(C)c(C(=O)O)c(SCc2csc(Br)c2)n1. The lowest BCUT2D eigenvalue weighted by molar-refractivity contribution is 0.0690. The predicted octanol–water partition coefficient (Wildman–Crippen LogP) is 4.16. The summed E-state index contributed by atoms with van der Waals surface area (Å²) in [6.45, 7) is 3.68. The Morgan fingerprint density at radius 3 is 2.80 bits per heavy atom. The third kappa shape index (κ3) is 3.59. The maximum Gasteiger partial charge on any atom is 0.340 e. The van der Waals surface area contributed by atoms with Crippen molar-refractivity contribution in [2.24, 2.45) is 0 Å². The molecule has 0 fully saturated rings. The number of nitrogens with zero attached hydrogens (tertiary/aromatic N) is 2. The minimum Gasteiger partial charge on any atom is -0.478 e. The van der Waals surface area contributed by atoms with Gasteiger partial charge in [0.05, 0.1) is 9.48 Å².